The highest BCUT2D eigenvalue weighted by Gasteiger charge is 2.34. The quantitative estimate of drug-likeness (QED) is 0.255. The summed E-state index contributed by atoms with van der Waals surface area (Å²) in [7, 11) is 2.73. The van der Waals surface area contributed by atoms with Crippen LogP contribution in [0.4, 0.5) is 17.6 Å². The number of halogens is 4. The van der Waals surface area contributed by atoms with Gasteiger partial charge in [0.15, 0.2) is 23.3 Å². The van der Waals surface area contributed by atoms with Gasteiger partial charge in [-0.25, -0.2) is 17.6 Å². The predicted octanol–water partition coefficient (Wildman–Crippen LogP) is 2.61. The molecule has 3 radical (unpaired) electrons. The van der Waals surface area contributed by atoms with E-state index in [1.54, 1.807) is 13.8 Å². The molecule has 0 saturated heterocycles. The van der Waals surface area contributed by atoms with Gasteiger partial charge < -0.3 is 13.9 Å². The maximum absolute atomic E-state index is 13.6. The third kappa shape index (κ3) is 3.57. The van der Waals surface area contributed by atoms with Gasteiger partial charge >= 0.3 is 0 Å². The first-order valence-electron chi connectivity index (χ1n) is 5.85. The Bertz CT molecular complexity index is 465. The van der Waals surface area contributed by atoms with E-state index in [9.17, 15) is 17.6 Å². The minimum absolute atomic E-state index is 0.137. The largest absolute Gasteiger partial charge is 0.371 e. The molecule has 0 aliphatic rings. The molecule has 0 atom stereocenters. The van der Waals surface area contributed by atoms with E-state index in [2.05, 4.69) is 10.5 Å². The van der Waals surface area contributed by atoms with Crippen LogP contribution < -0.4 is 0 Å². The fraction of sp³-hybridized carbons (Fsp3) is 0.500. The van der Waals surface area contributed by atoms with Crippen LogP contribution in [0.2, 0.25) is 0 Å². The third-order valence-corrected chi connectivity index (χ3v) is 2.78. The highest BCUT2D eigenvalue weighted by Crippen LogP contribution is 2.26. The molecule has 0 aromatic heterocycles. The highest BCUT2D eigenvalue weighted by molar-refractivity contribution is 5.98. The molecule has 1 aromatic rings. The summed E-state index contributed by atoms with van der Waals surface area (Å²) in [6, 6.07) is 0.534. The van der Waals surface area contributed by atoms with Crippen molar-refractivity contribution in [3.8, 4) is 0 Å². The molecular weight excluding hydrogens is 296 g/mol. The van der Waals surface area contributed by atoms with E-state index < -0.39 is 41.2 Å². The van der Waals surface area contributed by atoms with E-state index in [4.69, 9.17) is 13.9 Å². The first-order valence-corrected chi connectivity index (χ1v) is 6.26. The van der Waals surface area contributed by atoms with Crippen molar-refractivity contribution >= 4 is 10.5 Å². The lowest BCUT2D eigenvalue weighted by Crippen LogP contribution is -2.41. The van der Waals surface area contributed by atoms with Crippen LogP contribution in [0.1, 0.15) is 19.4 Å². The number of hydrogen-bond acceptors (Lipinski definition) is 3. The van der Waals surface area contributed by atoms with Crippen LogP contribution in [0.15, 0.2) is 6.07 Å². The Morgan fingerprint density at radius 2 is 1.55 bits per heavy atom. The van der Waals surface area contributed by atoms with Crippen LogP contribution in [0.5, 0.6) is 0 Å². The minimum atomic E-state index is -1.89. The van der Waals surface area contributed by atoms with Crippen molar-refractivity contribution < 1.29 is 31.5 Å². The molecule has 0 N–H and O–H groups in total. The van der Waals surface area contributed by atoms with Gasteiger partial charge in [0.25, 0.3) is 16.5 Å². The van der Waals surface area contributed by atoms with Gasteiger partial charge in [0.05, 0.1) is 6.42 Å². The van der Waals surface area contributed by atoms with Crippen LogP contribution in [0, 0.1) is 23.3 Å². The van der Waals surface area contributed by atoms with Crippen molar-refractivity contribution in [1.29, 1.82) is 0 Å². The maximum Gasteiger partial charge on any atom is 0.277 e. The fourth-order valence-electron chi connectivity index (χ4n) is 1.66. The summed E-state index contributed by atoms with van der Waals surface area (Å²) < 4.78 is 68.1. The fourth-order valence-corrected chi connectivity index (χ4v) is 1.85. The molecule has 0 heterocycles. The molecular formula is C12H13F4O3Si. The van der Waals surface area contributed by atoms with Gasteiger partial charge in [-0.15, -0.1) is 0 Å². The first-order chi connectivity index (χ1) is 9.40. The van der Waals surface area contributed by atoms with Crippen molar-refractivity contribution in [3.63, 3.8) is 0 Å². The lowest BCUT2D eigenvalue weighted by atomic mass is 10.1. The van der Waals surface area contributed by atoms with Gasteiger partial charge in [-0.2, -0.15) is 0 Å². The second-order valence-corrected chi connectivity index (χ2v) is 3.99. The standard InChI is InChI=1S/C12H13F4O3Si/c1-3-17-12(19-20,18-4-2)6-7-5-8(13)10(15)11(16)9(7)14/h5H,3-4,6H2,1-2H3. The highest BCUT2D eigenvalue weighted by atomic mass is 28.2. The molecule has 20 heavy (non-hydrogen) atoms. The summed E-state index contributed by atoms with van der Waals surface area (Å²) in [4.78, 5) is 0. The van der Waals surface area contributed by atoms with Gasteiger partial charge in [-0.3, -0.25) is 0 Å². The molecule has 111 valence electrons. The second-order valence-electron chi connectivity index (χ2n) is 3.79. The van der Waals surface area contributed by atoms with Gasteiger partial charge in [-0.05, 0) is 19.9 Å². The van der Waals surface area contributed by atoms with E-state index >= 15 is 0 Å². The molecule has 1 aromatic carbocycles. The number of ether oxygens (including phenoxy) is 2. The number of rotatable bonds is 7. The minimum Gasteiger partial charge on any atom is -0.371 e. The Hall–Kier alpha value is -0.963. The molecule has 0 aliphatic carbocycles. The molecule has 0 unspecified atom stereocenters. The van der Waals surface area contributed by atoms with Gasteiger partial charge in [-0.1, -0.05) is 0 Å². The van der Waals surface area contributed by atoms with E-state index in [0.717, 1.165) is 0 Å². The van der Waals surface area contributed by atoms with Gasteiger partial charge in [0.2, 0.25) is 0 Å². The molecule has 1 rings (SSSR count). The summed E-state index contributed by atoms with van der Waals surface area (Å²) in [6.07, 6.45) is -0.474. The summed E-state index contributed by atoms with van der Waals surface area (Å²) in [5, 5.41) is 0. The average Bonchev–Trinajstić information content (AvgIpc) is 2.43. The van der Waals surface area contributed by atoms with Crippen molar-refractivity contribution in [3.05, 3.63) is 34.9 Å². The Kier molecular flexibility index (Phi) is 6.12. The molecule has 0 aliphatic heterocycles. The van der Waals surface area contributed by atoms with Crippen molar-refractivity contribution in [1.82, 2.24) is 0 Å². The molecule has 0 saturated carbocycles. The second kappa shape index (κ2) is 7.16. The average molecular weight is 309 g/mol. The van der Waals surface area contributed by atoms with Crippen LogP contribution >= 0.6 is 0 Å². The van der Waals surface area contributed by atoms with Crippen molar-refractivity contribution in [2.75, 3.05) is 13.2 Å². The Morgan fingerprint density at radius 3 is 2.00 bits per heavy atom. The predicted molar refractivity (Wildman–Crippen MR) is 62.8 cm³/mol. The molecule has 0 spiro atoms. The van der Waals surface area contributed by atoms with Crippen molar-refractivity contribution in [2.24, 2.45) is 0 Å². The first kappa shape index (κ1) is 17.1. The maximum atomic E-state index is 13.6. The summed E-state index contributed by atoms with van der Waals surface area (Å²) in [6.45, 7) is 3.53. The van der Waals surface area contributed by atoms with Gasteiger partial charge in [0, 0.05) is 18.8 Å². The third-order valence-electron chi connectivity index (χ3n) is 2.47. The summed E-state index contributed by atoms with van der Waals surface area (Å²) in [5.74, 6) is -8.55. The Labute approximate surface area is 117 Å². The lowest BCUT2D eigenvalue weighted by molar-refractivity contribution is -0.339. The van der Waals surface area contributed by atoms with Crippen molar-refractivity contribution in [2.45, 2.75) is 26.2 Å². The monoisotopic (exact) mass is 309 g/mol. The smallest absolute Gasteiger partial charge is 0.277 e. The van der Waals surface area contributed by atoms with Crippen LogP contribution in [-0.2, 0) is 20.3 Å². The van der Waals surface area contributed by atoms with Gasteiger partial charge in [0.1, 0.15) is 0 Å². The molecule has 0 fully saturated rings. The summed E-state index contributed by atoms with van der Waals surface area (Å²) >= 11 is 0. The van der Waals surface area contributed by atoms with Crippen LogP contribution in [0.3, 0.4) is 0 Å². The SMILES string of the molecule is CCOC(Cc1cc(F)c(F)c(F)c1F)(O[Si])OCC. The Balaban J connectivity index is 3.17. The molecule has 8 heteroatoms. The Morgan fingerprint density at radius 1 is 1.00 bits per heavy atom. The van der Waals surface area contributed by atoms with E-state index in [0.29, 0.717) is 6.07 Å². The zero-order valence-corrected chi connectivity index (χ0v) is 11.9. The van der Waals surface area contributed by atoms with E-state index in [-0.39, 0.29) is 13.2 Å². The van der Waals surface area contributed by atoms with E-state index in [1.165, 1.54) is 0 Å². The molecule has 0 bridgehead atoms. The van der Waals surface area contributed by atoms with Crippen LogP contribution in [-0.4, -0.2) is 29.7 Å². The molecule has 3 nitrogen and oxygen atoms in total. The number of benzene rings is 1. The zero-order valence-electron chi connectivity index (χ0n) is 10.9. The lowest BCUT2D eigenvalue weighted by Gasteiger charge is -2.31. The zero-order chi connectivity index (χ0) is 15.3. The van der Waals surface area contributed by atoms with Crippen LogP contribution in [0.25, 0.3) is 0 Å². The normalized spacial score (nSPS) is 11.9. The topological polar surface area (TPSA) is 27.7 Å². The molecule has 0 amide bonds. The summed E-state index contributed by atoms with van der Waals surface area (Å²) in [5.41, 5.74) is -0.471. The van der Waals surface area contributed by atoms with E-state index in [1.807, 2.05) is 0 Å². The number of hydrogen-bond donors (Lipinski definition) is 0.